The average Bonchev–Trinajstić information content (AvgIpc) is 3.25. The van der Waals surface area contributed by atoms with E-state index in [0.29, 0.717) is 5.02 Å². The summed E-state index contributed by atoms with van der Waals surface area (Å²) in [5, 5.41) is 10.3. The Balaban J connectivity index is 1.53. The number of hydrogen-bond donors (Lipinski definition) is 0. The zero-order chi connectivity index (χ0) is 20.1. The Kier molecular flexibility index (Phi) is 4.03. The fourth-order valence-electron chi connectivity index (χ4n) is 4.53. The molecule has 4 aromatic rings. The summed E-state index contributed by atoms with van der Waals surface area (Å²) in [6.45, 7) is 0. The molecule has 0 N–H and O–H groups in total. The second-order valence-electron chi connectivity index (χ2n) is 7.73. The van der Waals surface area contributed by atoms with Crippen molar-refractivity contribution >= 4 is 28.1 Å². The lowest BCUT2D eigenvalue weighted by atomic mass is 9.95. The van der Waals surface area contributed by atoms with Crippen LogP contribution in [-0.4, -0.2) is 10.7 Å². The number of nitrogens with zero attached hydrogens (tertiary/aromatic N) is 2. The van der Waals surface area contributed by atoms with Gasteiger partial charge in [-0.3, -0.25) is 0 Å². The number of halogens is 1. The number of rotatable bonds is 2. The molecule has 0 saturated carbocycles. The Bertz CT molecular complexity index is 1280. The zero-order valence-electron chi connectivity index (χ0n) is 16.2. The van der Waals surface area contributed by atoms with Gasteiger partial charge in [0, 0.05) is 22.6 Å². The Hall–Kier alpha value is -3.30. The van der Waals surface area contributed by atoms with Crippen molar-refractivity contribution in [3.05, 3.63) is 113 Å². The fourth-order valence-corrected chi connectivity index (χ4v) is 4.71. The predicted octanol–water partition coefficient (Wildman–Crippen LogP) is 6.74. The third kappa shape index (κ3) is 2.78. The highest BCUT2D eigenvalue weighted by atomic mass is 35.5. The second kappa shape index (κ2) is 6.89. The van der Waals surface area contributed by atoms with Gasteiger partial charge in [-0.1, -0.05) is 84.4 Å². The molecule has 0 radical (unpaired) electrons. The van der Waals surface area contributed by atoms with E-state index in [0.717, 1.165) is 34.6 Å². The standard InChI is InChI=1S/C26H19ClN2O/c27-19-13-14-25-22(15-19)24-16-23(18-8-2-1-3-9-18)28-29(24)26(30-25)21-12-6-10-17-7-4-5-11-20(17)21/h1-15,24,26H,16H2/t24-,26-/m0/s1. The SMILES string of the molecule is Clc1ccc2c(c1)[C@@H]1CC(c3ccccc3)=NN1[C@H](c1cccc3ccccc13)O2. The van der Waals surface area contributed by atoms with Crippen LogP contribution in [0.5, 0.6) is 5.75 Å². The quantitative estimate of drug-likeness (QED) is 0.365. The molecule has 0 fully saturated rings. The van der Waals surface area contributed by atoms with Gasteiger partial charge in [0.1, 0.15) is 5.75 Å². The van der Waals surface area contributed by atoms with E-state index >= 15 is 0 Å². The molecule has 3 nitrogen and oxygen atoms in total. The molecule has 2 heterocycles. The van der Waals surface area contributed by atoms with Crippen molar-refractivity contribution in [1.29, 1.82) is 0 Å². The second-order valence-corrected chi connectivity index (χ2v) is 8.17. The van der Waals surface area contributed by atoms with E-state index in [1.54, 1.807) is 0 Å². The maximum atomic E-state index is 6.54. The first kappa shape index (κ1) is 17.5. The van der Waals surface area contributed by atoms with E-state index < -0.39 is 0 Å². The lowest BCUT2D eigenvalue weighted by Gasteiger charge is -2.38. The van der Waals surface area contributed by atoms with Crippen LogP contribution in [0.3, 0.4) is 0 Å². The van der Waals surface area contributed by atoms with E-state index in [-0.39, 0.29) is 12.3 Å². The van der Waals surface area contributed by atoms with Crippen LogP contribution in [0, 0.1) is 0 Å². The summed E-state index contributed by atoms with van der Waals surface area (Å²) in [5.74, 6) is 0.878. The molecule has 4 heteroatoms. The molecular weight excluding hydrogens is 392 g/mol. The van der Waals surface area contributed by atoms with Crippen LogP contribution in [0.15, 0.2) is 96.1 Å². The van der Waals surface area contributed by atoms with Crippen LogP contribution in [0.4, 0.5) is 0 Å². The molecule has 0 unspecified atom stereocenters. The van der Waals surface area contributed by atoms with Gasteiger partial charge >= 0.3 is 0 Å². The molecule has 6 rings (SSSR count). The monoisotopic (exact) mass is 410 g/mol. The lowest BCUT2D eigenvalue weighted by Crippen LogP contribution is -2.33. The molecule has 0 amide bonds. The first-order valence-electron chi connectivity index (χ1n) is 10.1. The third-order valence-electron chi connectivity index (χ3n) is 5.95. The number of benzene rings is 4. The smallest absolute Gasteiger partial charge is 0.214 e. The fraction of sp³-hybridized carbons (Fsp3) is 0.115. The van der Waals surface area contributed by atoms with Crippen LogP contribution in [-0.2, 0) is 0 Å². The summed E-state index contributed by atoms with van der Waals surface area (Å²) < 4.78 is 6.54. The molecule has 146 valence electrons. The highest BCUT2D eigenvalue weighted by molar-refractivity contribution is 6.30. The Labute approximate surface area is 180 Å². The van der Waals surface area contributed by atoms with Gasteiger partial charge in [-0.2, -0.15) is 5.10 Å². The number of hydrogen-bond acceptors (Lipinski definition) is 3. The van der Waals surface area contributed by atoms with Crippen LogP contribution < -0.4 is 4.74 Å². The first-order chi connectivity index (χ1) is 14.8. The molecular formula is C26H19ClN2O. The Morgan fingerprint density at radius 2 is 1.63 bits per heavy atom. The van der Waals surface area contributed by atoms with E-state index in [2.05, 4.69) is 71.7 Å². The molecule has 4 aromatic carbocycles. The molecule has 2 aliphatic rings. The minimum Gasteiger partial charge on any atom is -0.464 e. The highest BCUT2D eigenvalue weighted by Crippen LogP contribution is 2.49. The number of hydrazone groups is 1. The largest absolute Gasteiger partial charge is 0.464 e. The number of ether oxygens (including phenoxy) is 1. The average molecular weight is 411 g/mol. The van der Waals surface area contributed by atoms with Crippen LogP contribution in [0.1, 0.15) is 35.4 Å². The van der Waals surface area contributed by atoms with Gasteiger partial charge in [0.25, 0.3) is 0 Å². The van der Waals surface area contributed by atoms with Gasteiger partial charge in [0.15, 0.2) is 0 Å². The van der Waals surface area contributed by atoms with Gasteiger partial charge in [0.05, 0.1) is 11.8 Å². The molecule has 30 heavy (non-hydrogen) atoms. The van der Waals surface area contributed by atoms with Crippen molar-refractivity contribution in [2.75, 3.05) is 0 Å². The summed E-state index contributed by atoms with van der Waals surface area (Å²) in [4.78, 5) is 0. The van der Waals surface area contributed by atoms with E-state index in [1.165, 1.54) is 10.8 Å². The van der Waals surface area contributed by atoms with Crippen LogP contribution in [0.2, 0.25) is 5.02 Å². The normalized spacial score (nSPS) is 19.8. The molecule has 0 bridgehead atoms. The molecule has 0 saturated heterocycles. The summed E-state index contributed by atoms with van der Waals surface area (Å²) >= 11 is 6.34. The van der Waals surface area contributed by atoms with Gasteiger partial charge in [-0.15, -0.1) is 0 Å². The molecule has 2 aliphatic heterocycles. The van der Waals surface area contributed by atoms with Gasteiger partial charge < -0.3 is 4.74 Å². The maximum Gasteiger partial charge on any atom is 0.214 e. The molecule has 0 aromatic heterocycles. The van der Waals surface area contributed by atoms with Crippen molar-refractivity contribution in [2.24, 2.45) is 5.10 Å². The van der Waals surface area contributed by atoms with Crippen molar-refractivity contribution in [3.63, 3.8) is 0 Å². The van der Waals surface area contributed by atoms with Crippen LogP contribution >= 0.6 is 11.6 Å². The molecule has 0 spiro atoms. The maximum absolute atomic E-state index is 6.54. The van der Waals surface area contributed by atoms with E-state index in [9.17, 15) is 0 Å². The summed E-state index contributed by atoms with van der Waals surface area (Å²) in [6, 6.07) is 31.1. The van der Waals surface area contributed by atoms with Gasteiger partial charge in [0.2, 0.25) is 6.23 Å². The van der Waals surface area contributed by atoms with E-state index in [1.807, 2.05) is 24.3 Å². The van der Waals surface area contributed by atoms with Gasteiger partial charge in [-0.25, -0.2) is 5.01 Å². The van der Waals surface area contributed by atoms with E-state index in [4.69, 9.17) is 21.4 Å². The summed E-state index contributed by atoms with van der Waals surface area (Å²) in [7, 11) is 0. The zero-order valence-corrected chi connectivity index (χ0v) is 17.0. The van der Waals surface area contributed by atoms with Crippen LogP contribution in [0.25, 0.3) is 10.8 Å². The van der Waals surface area contributed by atoms with Crippen molar-refractivity contribution < 1.29 is 4.74 Å². The predicted molar refractivity (Wildman–Crippen MR) is 121 cm³/mol. The minimum absolute atomic E-state index is 0.0895. The third-order valence-corrected chi connectivity index (χ3v) is 6.18. The Morgan fingerprint density at radius 3 is 2.53 bits per heavy atom. The highest BCUT2D eigenvalue weighted by Gasteiger charge is 2.41. The molecule has 0 aliphatic carbocycles. The lowest BCUT2D eigenvalue weighted by molar-refractivity contribution is -0.0180. The van der Waals surface area contributed by atoms with Crippen molar-refractivity contribution in [1.82, 2.24) is 5.01 Å². The summed E-state index contributed by atoms with van der Waals surface area (Å²) in [5.41, 5.74) is 4.43. The Morgan fingerprint density at radius 1 is 0.833 bits per heavy atom. The van der Waals surface area contributed by atoms with Crippen molar-refractivity contribution in [2.45, 2.75) is 18.7 Å². The van der Waals surface area contributed by atoms with Gasteiger partial charge in [-0.05, 0) is 34.5 Å². The minimum atomic E-state index is -0.295. The topological polar surface area (TPSA) is 24.8 Å². The molecule has 2 atom stereocenters. The first-order valence-corrected chi connectivity index (χ1v) is 10.5. The van der Waals surface area contributed by atoms with Crippen molar-refractivity contribution in [3.8, 4) is 5.75 Å². The summed E-state index contributed by atoms with van der Waals surface area (Å²) in [6.07, 6.45) is 0.526. The number of fused-ring (bicyclic) bond motifs is 4.